The zero-order valence-corrected chi connectivity index (χ0v) is 20.1. The summed E-state index contributed by atoms with van der Waals surface area (Å²) in [5, 5.41) is -0.145. The molecule has 2 rings (SSSR count). The van der Waals surface area contributed by atoms with E-state index in [-0.39, 0.29) is 36.9 Å². The first-order chi connectivity index (χ1) is 15.6. The molecule has 0 fully saturated rings. The van der Waals surface area contributed by atoms with Gasteiger partial charge in [0.1, 0.15) is 11.6 Å². The molecule has 0 radical (unpaired) electrons. The van der Waals surface area contributed by atoms with Crippen LogP contribution < -0.4 is 5.73 Å². The molecule has 0 aliphatic heterocycles. The van der Waals surface area contributed by atoms with Crippen LogP contribution in [-0.4, -0.2) is 42.8 Å². The summed E-state index contributed by atoms with van der Waals surface area (Å²) in [6, 6.07) is 9.53. The maximum Gasteiger partial charge on any atom is 0.469 e. The average molecular weight is 495 g/mol. The summed E-state index contributed by atoms with van der Waals surface area (Å²) in [5.41, 5.74) is 7.91. The summed E-state index contributed by atoms with van der Waals surface area (Å²) in [4.78, 5) is 52.4. The average Bonchev–Trinajstić information content (AvgIpc) is 2.76. The van der Waals surface area contributed by atoms with Crippen molar-refractivity contribution in [3.63, 3.8) is 0 Å². The van der Waals surface area contributed by atoms with E-state index in [0.29, 0.717) is 34.8 Å². The van der Waals surface area contributed by atoms with E-state index in [2.05, 4.69) is 14.5 Å². The van der Waals surface area contributed by atoms with Crippen molar-refractivity contribution in [2.75, 3.05) is 12.3 Å². The zero-order chi connectivity index (χ0) is 24.4. The van der Waals surface area contributed by atoms with Crippen molar-refractivity contribution in [2.45, 2.75) is 39.7 Å². The molecule has 0 spiro atoms. The number of hydrogen-bond donors (Lipinski definition) is 3. The highest BCUT2D eigenvalue weighted by Gasteiger charge is 2.19. The molecule has 1 aromatic heterocycles. The molecular weight excluding hydrogens is 467 g/mol. The SMILES string of the molecule is C/C(=C(\CCOP(=O)(O)O)SC(=O)CCc1ccccc1)N(C=O)Cc1cnc(C)nc1N. The fourth-order valence-electron chi connectivity index (χ4n) is 2.86. The van der Waals surface area contributed by atoms with Crippen molar-refractivity contribution in [1.29, 1.82) is 0 Å². The highest BCUT2D eigenvalue weighted by atomic mass is 32.2. The lowest BCUT2D eigenvalue weighted by Gasteiger charge is -2.22. The maximum absolute atomic E-state index is 12.6. The van der Waals surface area contributed by atoms with Gasteiger partial charge in [-0.15, -0.1) is 0 Å². The minimum Gasteiger partial charge on any atom is -0.383 e. The molecule has 0 saturated heterocycles. The topological polar surface area (TPSA) is 156 Å². The van der Waals surface area contributed by atoms with Gasteiger partial charge in [-0.05, 0) is 25.8 Å². The van der Waals surface area contributed by atoms with Gasteiger partial charge in [0.2, 0.25) is 6.41 Å². The Hall–Kier alpha value is -2.56. The van der Waals surface area contributed by atoms with Gasteiger partial charge in [0.05, 0.1) is 13.2 Å². The van der Waals surface area contributed by atoms with E-state index in [1.54, 1.807) is 13.8 Å². The normalized spacial score (nSPS) is 12.2. The van der Waals surface area contributed by atoms with Gasteiger partial charge in [0.15, 0.2) is 5.12 Å². The molecule has 178 valence electrons. The van der Waals surface area contributed by atoms with Gasteiger partial charge in [-0.3, -0.25) is 14.1 Å². The highest BCUT2D eigenvalue weighted by Crippen LogP contribution is 2.37. The minimum atomic E-state index is -4.67. The van der Waals surface area contributed by atoms with Crippen LogP contribution in [0.2, 0.25) is 0 Å². The van der Waals surface area contributed by atoms with Gasteiger partial charge in [-0.1, -0.05) is 42.1 Å². The first kappa shape index (κ1) is 26.7. The molecule has 1 amide bonds. The third-order valence-electron chi connectivity index (χ3n) is 4.61. The fourth-order valence-corrected chi connectivity index (χ4v) is 4.11. The first-order valence-electron chi connectivity index (χ1n) is 10.0. The highest BCUT2D eigenvalue weighted by molar-refractivity contribution is 8.16. The molecule has 0 atom stereocenters. The molecule has 33 heavy (non-hydrogen) atoms. The van der Waals surface area contributed by atoms with Gasteiger partial charge in [-0.25, -0.2) is 14.5 Å². The Balaban J connectivity index is 2.19. The maximum atomic E-state index is 12.6. The predicted octanol–water partition coefficient (Wildman–Crippen LogP) is 2.95. The lowest BCUT2D eigenvalue weighted by Crippen LogP contribution is -2.22. The van der Waals surface area contributed by atoms with Gasteiger partial charge >= 0.3 is 7.82 Å². The Bertz CT molecular complexity index is 1040. The number of amides is 1. The van der Waals surface area contributed by atoms with E-state index in [9.17, 15) is 14.2 Å². The number of phosphoric acid groups is 1. The number of benzene rings is 1. The molecular formula is C21H27N4O6PS. The molecule has 0 saturated carbocycles. The first-order valence-corrected chi connectivity index (χ1v) is 12.4. The second kappa shape index (κ2) is 12.6. The number of thioether (sulfide) groups is 1. The Morgan fingerprint density at radius 3 is 2.58 bits per heavy atom. The van der Waals surface area contributed by atoms with Crippen LogP contribution in [0.1, 0.15) is 36.7 Å². The number of hydrogen-bond acceptors (Lipinski definition) is 8. The van der Waals surface area contributed by atoms with Crippen LogP contribution in [0.15, 0.2) is 47.1 Å². The molecule has 0 unspecified atom stereocenters. The molecule has 10 nitrogen and oxygen atoms in total. The van der Waals surface area contributed by atoms with Gasteiger partial charge in [0, 0.05) is 35.2 Å². The molecule has 12 heteroatoms. The smallest absolute Gasteiger partial charge is 0.383 e. The van der Waals surface area contributed by atoms with E-state index in [1.165, 1.54) is 11.1 Å². The summed E-state index contributed by atoms with van der Waals surface area (Å²) in [6.07, 6.45) is 2.95. The number of rotatable bonds is 12. The number of anilines is 1. The second-order valence-corrected chi connectivity index (χ2v) is 9.49. The Kier molecular flexibility index (Phi) is 10.2. The number of nitrogen functional groups attached to an aromatic ring is 1. The number of nitrogens with two attached hydrogens (primary N) is 1. The number of aromatic nitrogens is 2. The van der Waals surface area contributed by atoms with Crippen molar-refractivity contribution in [1.82, 2.24) is 14.9 Å². The van der Waals surface area contributed by atoms with Crippen LogP contribution in [-0.2, 0) is 31.6 Å². The third kappa shape index (κ3) is 9.45. The van der Waals surface area contributed by atoms with Crippen LogP contribution in [0.25, 0.3) is 0 Å². The summed E-state index contributed by atoms with van der Waals surface area (Å²) in [6.45, 7) is 3.09. The molecule has 4 N–H and O–H groups in total. The zero-order valence-electron chi connectivity index (χ0n) is 18.4. The van der Waals surface area contributed by atoms with Crippen molar-refractivity contribution in [3.8, 4) is 0 Å². The van der Waals surface area contributed by atoms with E-state index in [4.69, 9.17) is 15.5 Å². The lowest BCUT2D eigenvalue weighted by molar-refractivity contribution is -0.117. The van der Waals surface area contributed by atoms with Crippen molar-refractivity contribution < 1.29 is 28.5 Å². The number of nitrogens with zero attached hydrogens (tertiary/aromatic N) is 3. The van der Waals surface area contributed by atoms with Crippen LogP contribution in [0.3, 0.4) is 0 Å². The van der Waals surface area contributed by atoms with Crippen molar-refractivity contribution >= 4 is 36.9 Å². The quantitative estimate of drug-likeness (QED) is 0.296. The summed E-state index contributed by atoms with van der Waals surface area (Å²) < 4.78 is 15.6. The van der Waals surface area contributed by atoms with Crippen molar-refractivity contribution in [3.05, 3.63) is 64.1 Å². The number of allylic oxidation sites excluding steroid dienone is 1. The molecule has 2 aromatic rings. The third-order valence-corrected chi connectivity index (χ3v) is 6.30. The van der Waals surface area contributed by atoms with Crippen molar-refractivity contribution in [2.24, 2.45) is 0 Å². The largest absolute Gasteiger partial charge is 0.469 e. The summed E-state index contributed by atoms with van der Waals surface area (Å²) >= 11 is 0.928. The Labute approximate surface area is 196 Å². The fraction of sp³-hybridized carbons (Fsp3) is 0.333. The minimum absolute atomic E-state index is 0.0307. The van der Waals surface area contributed by atoms with Gasteiger partial charge in [0.25, 0.3) is 0 Å². The molecule has 0 bridgehead atoms. The monoisotopic (exact) mass is 494 g/mol. The number of carbonyl (C=O) groups is 2. The van der Waals surface area contributed by atoms with E-state index in [0.717, 1.165) is 17.3 Å². The number of phosphoric ester groups is 1. The Morgan fingerprint density at radius 2 is 1.97 bits per heavy atom. The lowest BCUT2D eigenvalue weighted by atomic mass is 10.1. The van der Waals surface area contributed by atoms with Crippen LogP contribution >= 0.6 is 19.6 Å². The second-order valence-electron chi connectivity index (χ2n) is 7.10. The number of carbonyl (C=O) groups excluding carboxylic acids is 2. The van der Waals surface area contributed by atoms with Crippen LogP contribution in [0.5, 0.6) is 0 Å². The van der Waals surface area contributed by atoms with Crippen LogP contribution in [0.4, 0.5) is 5.82 Å². The van der Waals surface area contributed by atoms with Gasteiger partial charge in [-0.2, -0.15) is 0 Å². The molecule has 1 aromatic carbocycles. The summed E-state index contributed by atoms with van der Waals surface area (Å²) in [5.74, 6) is 0.733. The molecule has 1 heterocycles. The van der Waals surface area contributed by atoms with Gasteiger partial charge < -0.3 is 20.4 Å². The standard InChI is InChI=1S/C21H27N4O6PS/c1-15(25(14-26)13-18-12-23-16(2)24-21(18)22)19(10-11-31-32(28,29)30)33-20(27)9-8-17-6-4-3-5-7-17/h3-7,12,14H,8-11,13H2,1-2H3,(H2,22,23,24)(H2,28,29,30)/b19-15-. The summed E-state index contributed by atoms with van der Waals surface area (Å²) in [7, 11) is -4.67. The van der Waals surface area contributed by atoms with Crippen LogP contribution in [0, 0.1) is 6.92 Å². The van der Waals surface area contributed by atoms with E-state index < -0.39 is 7.82 Å². The number of aryl methyl sites for hydroxylation is 2. The van der Waals surface area contributed by atoms with E-state index >= 15 is 0 Å². The Morgan fingerprint density at radius 1 is 1.27 bits per heavy atom. The predicted molar refractivity (Wildman–Crippen MR) is 125 cm³/mol. The molecule has 0 aliphatic rings. The van der Waals surface area contributed by atoms with E-state index in [1.807, 2.05) is 30.3 Å². The molecule has 0 aliphatic carbocycles.